The highest BCUT2D eigenvalue weighted by molar-refractivity contribution is 6.20. The van der Waals surface area contributed by atoms with E-state index in [1.54, 1.807) is 58.0 Å². The second-order valence-corrected chi connectivity index (χ2v) is 21.0. The number of likely N-dealkylation sites (N-methyl/N-ethyl adjacent to an activating group) is 1. The fraction of sp³-hybridized carbons (Fsp3) is 0.654. The molecule has 11 amide bonds. The number of nitrogens with two attached hydrogens (primary N) is 1. The van der Waals surface area contributed by atoms with Crippen LogP contribution in [-0.2, 0) is 68.7 Å². The Morgan fingerprint density at radius 2 is 1.39 bits per heavy atom. The molecule has 0 aromatic heterocycles. The molecule has 0 bridgehead atoms. The third-order valence-corrected chi connectivity index (χ3v) is 13.5. The van der Waals surface area contributed by atoms with Gasteiger partial charge in [0.1, 0.15) is 54.4 Å². The highest BCUT2D eigenvalue weighted by Crippen LogP contribution is 2.18. The van der Waals surface area contributed by atoms with E-state index in [4.69, 9.17) is 22.1 Å². The fourth-order valence-electron chi connectivity index (χ4n) is 8.52. The third kappa shape index (κ3) is 22.4. The van der Waals surface area contributed by atoms with Gasteiger partial charge in [0.05, 0.1) is 37.6 Å². The average molecular weight is 1140 g/mol. The number of carbonyl (C=O) groups is 12. The first-order valence-electron chi connectivity index (χ1n) is 26.4. The second kappa shape index (κ2) is 33.5. The largest absolute Gasteiger partial charge is 0.459 e. The molecule has 27 heteroatoms. The summed E-state index contributed by atoms with van der Waals surface area (Å²) in [6, 6.07) is -5.15. The quantitative estimate of drug-likeness (QED) is 0.0438. The monoisotopic (exact) mass is 1140 g/mol. The molecule has 1 aromatic rings. The summed E-state index contributed by atoms with van der Waals surface area (Å²) in [6.45, 7) is 13.0. The molecule has 26 nitrogen and oxygen atoms in total. The number of aliphatic hydroxyl groups excluding tert-OH is 2. The van der Waals surface area contributed by atoms with E-state index in [1.165, 1.54) is 34.7 Å². The molecule has 0 aliphatic carbocycles. The van der Waals surface area contributed by atoms with Crippen LogP contribution < -0.4 is 53.6 Å². The minimum Gasteiger partial charge on any atom is -0.459 e. The van der Waals surface area contributed by atoms with Crippen molar-refractivity contribution in [1.82, 2.24) is 52.8 Å². The predicted octanol–water partition coefficient (Wildman–Crippen LogP) is -2.44. The smallest absolute Gasteiger partial charge is 0.328 e. The lowest BCUT2D eigenvalue weighted by Crippen LogP contribution is -2.63. The first kappa shape index (κ1) is 68.2. The Kier molecular flexibility index (Phi) is 28.9. The van der Waals surface area contributed by atoms with Crippen LogP contribution in [-0.4, -0.2) is 178 Å². The number of esters is 1. The summed E-state index contributed by atoms with van der Waals surface area (Å²) >= 11 is 6.46. The molecule has 1 aliphatic rings. The number of nitrogens with zero attached hydrogens (tertiary/aromatic N) is 1. The summed E-state index contributed by atoms with van der Waals surface area (Å²) in [6.07, 6.45) is -5.70. The van der Waals surface area contributed by atoms with Crippen LogP contribution in [0.3, 0.4) is 0 Å². The maximum absolute atomic E-state index is 14.2. The molecule has 1 heterocycles. The van der Waals surface area contributed by atoms with Gasteiger partial charge < -0.3 is 73.4 Å². The topological polar surface area (TPSA) is 392 Å². The molecular weight excluding hydrogens is 1050 g/mol. The normalized spacial score (nSPS) is 26.9. The molecule has 0 saturated carbocycles. The molecule has 1 aromatic carbocycles. The molecule has 14 atom stereocenters. The number of rotatable bonds is 17. The molecule has 0 spiro atoms. The lowest BCUT2D eigenvalue weighted by atomic mass is 9.96. The van der Waals surface area contributed by atoms with Gasteiger partial charge in [-0.15, -0.1) is 11.6 Å². The van der Waals surface area contributed by atoms with E-state index in [-0.39, 0.29) is 31.6 Å². The van der Waals surface area contributed by atoms with E-state index >= 15 is 0 Å². The van der Waals surface area contributed by atoms with Gasteiger partial charge in [-0.2, -0.15) is 0 Å². The zero-order valence-electron chi connectivity index (χ0n) is 46.6. The third-order valence-electron chi connectivity index (χ3n) is 13.1. The van der Waals surface area contributed by atoms with Crippen LogP contribution in [0.25, 0.3) is 0 Å². The molecule has 1 saturated heterocycles. The number of aliphatic hydroxyl groups is 2. The maximum atomic E-state index is 14.2. The summed E-state index contributed by atoms with van der Waals surface area (Å²) in [5.74, 6) is -11.7. The van der Waals surface area contributed by atoms with E-state index < -0.39 is 168 Å². The van der Waals surface area contributed by atoms with Gasteiger partial charge in [-0.25, -0.2) is 4.79 Å². The number of hydrogen-bond acceptors (Lipinski definition) is 15. The Hall–Kier alpha value is -6.93. The van der Waals surface area contributed by atoms with Crippen LogP contribution in [0.4, 0.5) is 0 Å². The number of primary amides is 1. The number of halogens is 1. The van der Waals surface area contributed by atoms with Gasteiger partial charge in [-0.1, -0.05) is 77.8 Å². The molecule has 2 rings (SSSR count). The SMILES string of the molecule is CCCC1C(=O)NC(C(C)C(C)Cl)C(=O)N[C@H](CC(N)=O)C(=O)N[C@H](C(C)O)C(=O)NC(Cc2ccccc2)C(=O)NCC(=O)N[C@H](CCC)C(=O)OC(C)C(NC(=O)[C@@H](CC(C)C)NC=O)C(O)CC(=O)N[C@H](C)C(=O)N1C. The number of amides is 11. The van der Waals surface area contributed by atoms with Crippen LogP contribution in [0.1, 0.15) is 113 Å². The van der Waals surface area contributed by atoms with E-state index in [9.17, 15) is 67.7 Å². The van der Waals surface area contributed by atoms with Crippen molar-refractivity contribution in [2.75, 3.05) is 13.6 Å². The first-order chi connectivity index (χ1) is 37.1. The van der Waals surface area contributed by atoms with Crippen LogP contribution in [0.2, 0.25) is 0 Å². The Morgan fingerprint density at radius 1 is 0.797 bits per heavy atom. The van der Waals surface area contributed by atoms with Crippen molar-refractivity contribution < 1.29 is 72.5 Å². The van der Waals surface area contributed by atoms with Crippen molar-refractivity contribution in [2.45, 2.75) is 192 Å². The standard InChI is InChI=1S/C52H82ClN11O15/c1-11-16-33-52(78)79-31(9)44(63-46(72)34(56-25-65)20-26(3)4)38(67)23-40(69)57-29(7)51(77)64(10)37(17-12-2)48(74)61-42(27(5)28(6)53)49(75)60-36(22-39(54)68)47(73)62-43(30(8)66)50(76)59-35(21-32-18-14-13-15-19-32)45(71)55-24-41(70)58-33/h13-15,18-19,25-31,33-38,42-44,66-67H,11-12,16-17,20-24H2,1-10H3,(H2,54,68)(H,55,71)(H,56,65)(H,57,69)(H,58,70)(H,59,76)(H,60,75)(H,61,74)(H,62,73)(H,63,72)/t27?,28?,29-,30?,31?,33-,34-,35?,36-,37?,38?,42?,43-,44?/m1/s1. The molecular formula is C52H82ClN11O15. The summed E-state index contributed by atoms with van der Waals surface area (Å²) in [7, 11) is 1.28. The van der Waals surface area contributed by atoms with Crippen molar-refractivity contribution in [3.63, 3.8) is 0 Å². The number of benzene rings is 1. The van der Waals surface area contributed by atoms with Crippen molar-refractivity contribution >= 4 is 83.1 Å². The predicted molar refractivity (Wildman–Crippen MR) is 287 cm³/mol. The molecule has 1 aliphatic heterocycles. The van der Waals surface area contributed by atoms with Crippen molar-refractivity contribution in [2.24, 2.45) is 17.6 Å². The number of carbonyl (C=O) groups excluding carboxylic acids is 12. The summed E-state index contributed by atoms with van der Waals surface area (Å²) in [5, 5.41) is 43.8. The van der Waals surface area contributed by atoms with Crippen molar-refractivity contribution in [1.29, 1.82) is 0 Å². The minimum absolute atomic E-state index is 0.0104. The Labute approximate surface area is 465 Å². The highest BCUT2D eigenvalue weighted by Gasteiger charge is 2.40. The van der Waals surface area contributed by atoms with Crippen molar-refractivity contribution in [3.8, 4) is 0 Å². The van der Waals surface area contributed by atoms with Crippen LogP contribution in [0.15, 0.2) is 30.3 Å². The molecule has 0 radical (unpaired) electrons. The number of hydrogen-bond donors (Lipinski definition) is 12. The van der Waals surface area contributed by atoms with Gasteiger partial charge in [-0.3, -0.25) is 52.7 Å². The van der Waals surface area contributed by atoms with Gasteiger partial charge in [0.25, 0.3) is 0 Å². The molecule has 13 N–H and O–H groups in total. The van der Waals surface area contributed by atoms with E-state index in [1.807, 2.05) is 0 Å². The van der Waals surface area contributed by atoms with Gasteiger partial charge in [-0.05, 0) is 58.4 Å². The summed E-state index contributed by atoms with van der Waals surface area (Å²) in [4.78, 5) is 164. The zero-order chi connectivity index (χ0) is 59.8. The second-order valence-electron chi connectivity index (χ2n) is 20.3. The maximum Gasteiger partial charge on any atom is 0.328 e. The fourth-order valence-corrected chi connectivity index (χ4v) is 8.67. The van der Waals surface area contributed by atoms with E-state index in [0.29, 0.717) is 24.8 Å². The van der Waals surface area contributed by atoms with E-state index in [2.05, 4.69) is 47.9 Å². The lowest BCUT2D eigenvalue weighted by Gasteiger charge is -2.33. The van der Waals surface area contributed by atoms with Crippen LogP contribution in [0, 0.1) is 11.8 Å². The molecule has 1 fully saturated rings. The van der Waals surface area contributed by atoms with Crippen LogP contribution >= 0.6 is 11.6 Å². The Morgan fingerprint density at radius 3 is 1.95 bits per heavy atom. The average Bonchev–Trinajstić information content (AvgIpc) is 3.37. The van der Waals surface area contributed by atoms with Gasteiger partial charge in [0.15, 0.2) is 0 Å². The van der Waals surface area contributed by atoms with Crippen molar-refractivity contribution in [3.05, 3.63) is 35.9 Å². The Balaban J connectivity index is 2.79. The molecule has 79 heavy (non-hydrogen) atoms. The van der Waals surface area contributed by atoms with Gasteiger partial charge in [0, 0.05) is 24.8 Å². The highest BCUT2D eigenvalue weighted by atomic mass is 35.5. The summed E-state index contributed by atoms with van der Waals surface area (Å²) in [5.41, 5.74) is 6.02. The number of alkyl halides is 1. The molecule has 9 unspecified atom stereocenters. The van der Waals surface area contributed by atoms with Gasteiger partial charge in [0.2, 0.25) is 65.5 Å². The van der Waals surface area contributed by atoms with E-state index in [0.717, 1.165) is 11.8 Å². The first-order valence-corrected chi connectivity index (χ1v) is 26.9. The van der Waals surface area contributed by atoms with Gasteiger partial charge >= 0.3 is 5.97 Å². The minimum atomic E-state index is -1.85. The Bertz CT molecular complexity index is 2280. The van der Waals surface area contributed by atoms with Crippen LogP contribution in [0.5, 0.6) is 0 Å². The zero-order valence-corrected chi connectivity index (χ0v) is 47.3. The number of nitrogens with one attached hydrogen (secondary N) is 9. The number of ether oxygens (including phenoxy) is 1. The lowest BCUT2D eigenvalue weighted by molar-refractivity contribution is -0.156. The molecule has 442 valence electrons. The number of cyclic esters (lactones) is 1. The summed E-state index contributed by atoms with van der Waals surface area (Å²) < 4.78 is 5.73.